The largest absolute Gasteiger partial charge is 0.345 e. The molecule has 1 N–H and O–H groups in total. The zero-order chi connectivity index (χ0) is 9.42. The van der Waals surface area contributed by atoms with E-state index in [2.05, 4.69) is 32.6 Å². The minimum atomic E-state index is -0.450. The number of nitrogens with zero attached hydrogens (tertiary/aromatic N) is 1. The van der Waals surface area contributed by atoms with Crippen LogP contribution in [0.25, 0.3) is 11.0 Å². The molecule has 0 amide bonds. The summed E-state index contributed by atoms with van der Waals surface area (Å²) in [5.74, 6) is 0. The third kappa shape index (κ3) is 1.55. The van der Waals surface area contributed by atoms with Gasteiger partial charge in [-0.1, -0.05) is 0 Å². The Morgan fingerprint density at radius 2 is 2.31 bits per heavy atom. The lowest BCUT2D eigenvalue weighted by atomic mass is 10.2. The smallest absolute Gasteiger partial charge is 0.252 e. The van der Waals surface area contributed by atoms with Crippen LogP contribution in [-0.4, -0.2) is 15.2 Å². The summed E-state index contributed by atoms with van der Waals surface area (Å²) in [4.78, 5) is 17.9. The Hall–Kier alpha value is -0.620. The van der Waals surface area contributed by atoms with Crippen LogP contribution in [0.3, 0.4) is 0 Å². The molecule has 5 heteroatoms. The first-order chi connectivity index (χ1) is 6.18. The van der Waals surface area contributed by atoms with Crippen LogP contribution in [0.5, 0.6) is 0 Å². The van der Waals surface area contributed by atoms with Gasteiger partial charge >= 0.3 is 0 Å². The highest BCUT2D eigenvalue weighted by molar-refractivity contribution is 14.1. The fraction of sp³-hybridized carbons (Fsp3) is 0. The molecule has 2 aromatic rings. The lowest BCUT2D eigenvalue weighted by Gasteiger charge is -1.96. The number of hydrogen-bond donors (Lipinski definition) is 1. The summed E-state index contributed by atoms with van der Waals surface area (Å²) in [5.41, 5.74) is 2.18. The second kappa shape index (κ2) is 3.26. The Balaban J connectivity index is 2.77. The van der Waals surface area contributed by atoms with Crippen molar-refractivity contribution in [3.63, 3.8) is 0 Å². The van der Waals surface area contributed by atoms with Crippen LogP contribution in [0.15, 0.2) is 18.5 Å². The number of hydrogen-bond acceptors (Lipinski definition) is 2. The molecule has 1 aromatic heterocycles. The Kier molecular flexibility index (Phi) is 2.25. The van der Waals surface area contributed by atoms with E-state index in [4.69, 9.17) is 11.6 Å². The van der Waals surface area contributed by atoms with Gasteiger partial charge in [-0.2, -0.15) is 0 Å². The van der Waals surface area contributed by atoms with Crippen molar-refractivity contribution in [2.75, 3.05) is 0 Å². The second-order valence-corrected chi connectivity index (χ2v) is 4.04. The second-order valence-electron chi connectivity index (χ2n) is 2.53. The van der Waals surface area contributed by atoms with Crippen molar-refractivity contribution in [1.82, 2.24) is 9.97 Å². The Labute approximate surface area is 92.6 Å². The van der Waals surface area contributed by atoms with E-state index in [9.17, 15) is 4.79 Å². The highest BCUT2D eigenvalue weighted by Crippen LogP contribution is 2.20. The number of carbonyl (C=O) groups excluding carboxylic acids is 1. The minimum absolute atomic E-state index is 0.450. The molecule has 0 radical (unpaired) electrons. The third-order valence-electron chi connectivity index (χ3n) is 1.70. The summed E-state index contributed by atoms with van der Waals surface area (Å²) in [6, 6.07) is 3.42. The van der Waals surface area contributed by atoms with Crippen molar-refractivity contribution in [3.8, 4) is 0 Å². The van der Waals surface area contributed by atoms with Crippen LogP contribution in [0.1, 0.15) is 10.4 Å². The van der Waals surface area contributed by atoms with Crippen LogP contribution in [0.2, 0.25) is 0 Å². The summed E-state index contributed by atoms with van der Waals surface area (Å²) in [6.45, 7) is 0. The Bertz CT molecular complexity index is 480. The van der Waals surface area contributed by atoms with Gasteiger partial charge in [0.2, 0.25) is 0 Å². The molecule has 0 aliphatic heterocycles. The number of benzene rings is 1. The van der Waals surface area contributed by atoms with Crippen LogP contribution in [0.4, 0.5) is 0 Å². The first-order valence-electron chi connectivity index (χ1n) is 3.51. The maximum absolute atomic E-state index is 10.9. The summed E-state index contributed by atoms with van der Waals surface area (Å²) >= 11 is 7.49. The third-order valence-corrected chi connectivity index (χ3v) is 2.74. The van der Waals surface area contributed by atoms with Crippen molar-refractivity contribution >= 4 is 50.5 Å². The molecule has 0 aliphatic carbocycles. The van der Waals surface area contributed by atoms with Crippen molar-refractivity contribution in [2.45, 2.75) is 0 Å². The molecule has 1 aromatic carbocycles. The molecule has 2 rings (SSSR count). The molecule has 0 spiro atoms. The summed E-state index contributed by atoms with van der Waals surface area (Å²) in [5, 5.41) is -0.450. The highest BCUT2D eigenvalue weighted by Gasteiger charge is 2.07. The Morgan fingerprint density at radius 1 is 1.54 bits per heavy atom. The fourth-order valence-electron chi connectivity index (χ4n) is 1.12. The van der Waals surface area contributed by atoms with E-state index in [1.165, 1.54) is 0 Å². The van der Waals surface area contributed by atoms with Gasteiger partial charge in [0.25, 0.3) is 5.24 Å². The SMILES string of the molecule is O=C(Cl)c1cc(I)c2nc[nH]c2c1. The van der Waals surface area contributed by atoms with Gasteiger partial charge in [-0.05, 0) is 46.3 Å². The number of aromatic amines is 1. The van der Waals surface area contributed by atoms with Gasteiger partial charge < -0.3 is 4.98 Å². The number of imidazole rings is 1. The maximum Gasteiger partial charge on any atom is 0.252 e. The van der Waals surface area contributed by atoms with E-state index in [-0.39, 0.29) is 0 Å². The molecular formula is C8H4ClIN2O. The van der Waals surface area contributed by atoms with E-state index < -0.39 is 5.24 Å². The van der Waals surface area contributed by atoms with E-state index in [0.29, 0.717) is 5.56 Å². The zero-order valence-electron chi connectivity index (χ0n) is 6.34. The van der Waals surface area contributed by atoms with Crippen molar-refractivity contribution in [2.24, 2.45) is 0 Å². The number of H-pyrrole nitrogens is 1. The van der Waals surface area contributed by atoms with Gasteiger partial charge in [0.15, 0.2) is 0 Å². The van der Waals surface area contributed by atoms with Gasteiger partial charge in [0, 0.05) is 9.13 Å². The summed E-state index contributed by atoms with van der Waals surface area (Å²) < 4.78 is 0.917. The van der Waals surface area contributed by atoms with Crippen LogP contribution >= 0.6 is 34.2 Å². The fourth-order valence-corrected chi connectivity index (χ4v) is 1.99. The molecule has 0 fully saturated rings. The van der Waals surface area contributed by atoms with Crippen molar-refractivity contribution < 1.29 is 4.79 Å². The van der Waals surface area contributed by atoms with Gasteiger partial charge in [0.1, 0.15) is 5.52 Å². The summed E-state index contributed by atoms with van der Waals surface area (Å²) in [6.07, 6.45) is 1.59. The van der Waals surface area contributed by atoms with E-state index in [1.807, 2.05) is 0 Å². The molecule has 0 atom stereocenters. The number of nitrogens with one attached hydrogen (secondary N) is 1. The number of aromatic nitrogens is 2. The quantitative estimate of drug-likeness (QED) is 0.650. The maximum atomic E-state index is 10.9. The monoisotopic (exact) mass is 306 g/mol. The number of carbonyl (C=O) groups is 1. The minimum Gasteiger partial charge on any atom is -0.345 e. The molecule has 0 unspecified atom stereocenters. The number of halogens is 2. The van der Waals surface area contributed by atoms with Crippen molar-refractivity contribution in [3.05, 3.63) is 27.6 Å². The molecular weight excluding hydrogens is 302 g/mol. The first kappa shape index (κ1) is 8.96. The summed E-state index contributed by atoms with van der Waals surface area (Å²) in [7, 11) is 0. The topological polar surface area (TPSA) is 45.8 Å². The number of rotatable bonds is 1. The van der Waals surface area contributed by atoms with Crippen molar-refractivity contribution in [1.29, 1.82) is 0 Å². The molecule has 0 saturated carbocycles. The van der Waals surface area contributed by atoms with E-state index >= 15 is 0 Å². The molecule has 0 saturated heterocycles. The molecule has 3 nitrogen and oxygen atoms in total. The van der Waals surface area contributed by atoms with E-state index in [1.54, 1.807) is 18.5 Å². The zero-order valence-corrected chi connectivity index (χ0v) is 9.26. The number of fused-ring (bicyclic) bond motifs is 1. The van der Waals surface area contributed by atoms with E-state index in [0.717, 1.165) is 14.6 Å². The Morgan fingerprint density at radius 3 is 3.00 bits per heavy atom. The first-order valence-corrected chi connectivity index (χ1v) is 4.96. The highest BCUT2D eigenvalue weighted by atomic mass is 127. The van der Waals surface area contributed by atoms with Crippen LogP contribution < -0.4 is 0 Å². The molecule has 1 heterocycles. The average molecular weight is 306 g/mol. The molecule has 66 valence electrons. The normalized spacial score (nSPS) is 10.6. The predicted octanol–water partition coefficient (Wildman–Crippen LogP) is 2.55. The van der Waals surface area contributed by atoms with Crippen LogP contribution in [-0.2, 0) is 0 Å². The van der Waals surface area contributed by atoms with Gasteiger partial charge in [-0.3, -0.25) is 4.79 Å². The lowest BCUT2D eigenvalue weighted by molar-refractivity contribution is 0.108. The average Bonchev–Trinajstić information content (AvgIpc) is 2.51. The predicted molar refractivity (Wildman–Crippen MR) is 59.0 cm³/mol. The van der Waals surface area contributed by atoms with Gasteiger partial charge in [0.05, 0.1) is 11.8 Å². The molecule has 0 aliphatic rings. The molecule has 0 bridgehead atoms. The standard InChI is InChI=1S/C8H4ClIN2O/c9-8(13)4-1-5(10)7-6(2-4)11-3-12-7/h1-3H,(H,11,12). The van der Waals surface area contributed by atoms with Gasteiger partial charge in [-0.15, -0.1) is 0 Å². The lowest BCUT2D eigenvalue weighted by Crippen LogP contribution is -1.90. The molecule has 13 heavy (non-hydrogen) atoms. The van der Waals surface area contributed by atoms with Crippen LogP contribution in [0, 0.1) is 3.57 Å². The van der Waals surface area contributed by atoms with Gasteiger partial charge in [-0.25, -0.2) is 4.98 Å².